The normalized spacial score (nSPS) is 12.1. The summed E-state index contributed by atoms with van der Waals surface area (Å²) in [6, 6.07) is 7.37. The first kappa shape index (κ1) is 12.6. The Labute approximate surface area is 96.1 Å². The Hall–Kier alpha value is -1.51. The molecule has 0 radical (unpaired) electrons. The number of ether oxygens (including phenoxy) is 1. The molecule has 0 amide bonds. The van der Waals surface area contributed by atoms with Crippen LogP contribution >= 0.6 is 0 Å². The molecule has 1 aromatic rings. The quantitative estimate of drug-likeness (QED) is 0.804. The Morgan fingerprint density at radius 1 is 1.38 bits per heavy atom. The summed E-state index contributed by atoms with van der Waals surface area (Å²) in [5.74, 6) is -0.582. The highest BCUT2D eigenvalue weighted by atomic mass is 16.5. The number of carboxylic acid groups (broad SMARTS) is 1. The second kappa shape index (κ2) is 6.16. The van der Waals surface area contributed by atoms with E-state index >= 15 is 0 Å². The fourth-order valence-electron chi connectivity index (χ4n) is 1.64. The van der Waals surface area contributed by atoms with Gasteiger partial charge in [-0.25, -0.2) is 0 Å². The lowest BCUT2D eigenvalue weighted by Gasteiger charge is -2.15. The Balaban J connectivity index is 2.96. The topological polar surface area (TPSA) is 46.5 Å². The third-order valence-electron chi connectivity index (χ3n) is 2.46. The van der Waals surface area contributed by atoms with E-state index in [1.165, 1.54) is 0 Å². The molecule has 3 nitrogen and oxygen atoms in total. The first-order valence-electron chi connectivity index (χ1n) is 5.65. The highest BCUT2D eigenvalue weighted by Gasteiger charge is 2.20. The van der Waals surface area contributed by atoms with Crippen LogP contribution in [0.15, 0.2) is 24.3 Å². The second-order valence-corrected chi connectivity index (χ2v) is 3.69. The van der Waals surface area contributed by atoms with Gasteiger partial charge in [0, 0.05) is 5.56 Å². The minimum absolute atomic E-state index is 0.479. The molecule has 3 heteroatoms. The Morgan fingerprint density at radius 3 is 2.62 bits per heavy atom. The van der Waals surface area contributed by atoms with Gasteiger partial charge in [-0.2, -0.15) is 0 Å². The lowest BCUT2D eigenvalue weighted by molar-refractivity contribution is -0.138. The van der Waals surface area contributed by atoms with Gasteiger partial charge >= 0.3 is 5.97 Å². The van der Waals surface area contributed by atoms with Crippen LogP contribution in [-0.4, -0.2) is 17.7 Å². The highest BCUT2D eigenvalue weighted by Crippen LogP contribution is 2.29. The van der Waals surface area contributed by atoms with Gasteiger partial charge in [-0.15, -0.1) is 0 Å². The molecular weight excluding hydrogens is 204 g/mol. The molecule has 1 unspecified atom stereocenters. The zero-order valence-electron chi connectivity index (χ0n) is 9.77. The van der Waals surface area contributed by atoms with Crippen molar-refractivity contribution < 1.29 is 14.6 Å². The summed E-state index contributed by atoms with van der Waals surface area (Å²) in [6.45, 7) is 4.51. The van der Waals surface area contributed by atoms with Gasteiger partial charge in [0.2, 0.25) is 0 Å². The SMILES string of the molecule is CCCOc1ccccc1C(CC)C(=O)O. The molecule has 0 saturated carbocycles. The molecule has 1 rings (SSSR count). The van der Waals surface area contributed by atoms with Gasteiger partial charge < -0.3 is 9.84 Å². The van der Waals surface area contributed by atoms with Crippen LogP contribution in [0.1, 0.15) is 38.2 Å². The van der Waals surface area contributed by atoms with Crippen LogP contribution in [0.2, 0.25) is 0 Å². The van der Waals surface area contributed by atoms with E-state index in [2.05, 4.69) is 0 Å². The second-order valence-electron chi connectivity index (χ2n) is 3.69. The molecule has 88 valence electrons. The Kier molecular flexibility index (Phi) is 4.83. The van der Waals surface area contributed by atoms with Gasteiger partial charge in [0.05, 0.1) is 12.5 Å². The third kappa shape index (κ3) is 2.99. The maximum atomic E-state index is 11.1. The molecule has 0 aliphatic heterocycles. The van der Waals surface area contributed by atoms with Gasteiger partial charge in [-0.1, -0.05) is 32.0 Å². The van der Waals surface area contributed by atoms with Crippen molar-refractivity contribution in [3.63, 3.8) is 0 Å². The minimum Gasteiger partial charge on any atom is -0.493 e. The van der Waals surface area contributed by atoms with Crippen LogP contribution in [0.4, 0.5) is 0 Å². The van der Waals surface area contributed by atoms with E-state index in [0.29, 0.717) is 18.8 Å². The third-order valence-corrected chi connectivity index (χ3v) is 2.46. The molecular formula is C13H18O3. The number of rotatable bonds is 6. The lowest BCUT2D eigenvalue weighted by atomic mass is 9.96. The largest absolute Gasteiger partial charge is 0.493 e. The van der Waals surface area contributed by atoms with Crippen molar-refractivity contribution in [2.75, 3.05) is 6.61 Å². The molecule has 1 aromatic carbocycles. The van der Waals surface area contributed by atoms with Crippen LogP contribution in [0.5, 0.6) is 5.75 Å². The molecule has 0 spiro atoms. The zero-order valence-corrected chi connectivity index (χ0v) is 9.77. The van der Waals surface area contributed by atoms with E-state index in [4.69, 9.17) is 9.84 Å². The molecule has 0 aliphatic carbocycles. The van der Waals surface area contributed by atoms with Crippen molar-refractivity contribution in [3.8, 4) is 5.75 Å². The van der Waals surface area contributed by atoms with Crippen molar-refractivity contribution in [3.05, 3.63) is 29.8 Å². The van der Waals surface area contributed by atoms with Crippen molar-refractivity contribution >= 4 is 5.97 Å². The highest BCUT2D eigenvalue weighted by molar-refractivity contribution is 5.77. The molecule has 0 aromatic heterocycles. The fourth-order valence-corrected chi connectivity index (χ4v) is 1.64. The van der Waals surface area contributed by atoms with Crippen LogP contribution in [0, 0.1) is 0 Å². The molecule has 0 bridgehead atoms. The Morgan fingerprint density at radius 2 is 2.06 bits per heavy atom. The van der Waals surface area contributed by atoms with Crippen molar-refractivity contribution in [2.24, 2.45) is 0 Å². The number of hydrogen-bond donors (Lipinski definition) is 1. The average Bonchev–Trinajstić information content (AvgIpc) is 2.28. The number of hydrogen-bond acceptors (Lipinski definition) is 2. The molecule has 1 N–H and O–H groups in total. The fraction of sp³-hybridized carbons (Fsp3) is 0.462. The van der Waals surface area contributed by atoms with Crippen molar-refractivity contribution in [2.45, 2.75) is 32.6 Å². The molecule has 0 saturated heterocycles. The molecule has 0 aliphatic rings. The maximum absolute atomic E-state index is 11.1. The van der Waals surface area contributed by atoms with Gasteiger partial charge in [0.25, 0.3) is 0 Å². The summed E-state index contributed by atoms with van der Waals surface area (Å²) in [5.41, 5.74) is 0.769. The van der Waals surface area contributed by atoms with E-state index in [9.17, 15) is 4.79 Å². The summed E-state index contributed by atoms with van der Waals surface area (Å²) in [4.78, 5) is 11.1. The average molecular weight is 222 g/mol. The molecule has 16 heavy (non-hydrogen) atoms. The van der Waals surface area contributed by atoms with E-state index in [1.807, 2.05) is 38.1 Å². The van der Waals surface area contributed by atoms with Crippen LogP contribution in [0.25, 0.3) is 0 Å². The first-order valence-corrected chi connectivity index (χ1v) is 5.65. The summed E-state index contributed by atoms with van der Waals surface area (Å²) in [5, 5.41) is 9.12. The van der Waals surface area contributed by atoms with Crippen LogP contribution < -0.4 is 4.74 Å². The van der Waals surface area contributed by atoms with Gasteiger partial charge in [-0.05, 0) is 18.9 Å². The Bertz CT molecular complexity index is 347. The van der Waals surface area contributed by atoms with Crippen LogP contribution in [0.3, 0.4) is 0 Å². The van der Waals surface area contributed by atoms with Crippen molar-refractivity contribution in [1.82, 2.24) is 0 Å². The first-order chi connectivity index (χ1) is 7.70. The maximum Gasteiger partial charge on any atom is 0.311 e. The summed E-state index contributed by atoms with van der Waals surface area (Å²) < 4.78 is 5.56. The molecule has 0 heterocycles. The number of carboxylic acids is 1. The standard InChI is InChI=1S/C13H18O3/c1-3-9-16-12-8-6-5-7-11(12)10(4-2)13(14)15/h5-8,10H,3-4,9H2,1-2H3,(H,14,15). The number of aliphatic carboxylic acids is 1. The lowest BCUT2D eigenvalue weighted by Crippen LogP contribution is -2.12. The molecule has 0 fully saturated rings. The predicted molar refractivity (Wildman–Crippen MR) is 62.9 cm³/mol. The van der Waals surface area contributed by atoms with Gasteiger partial charge in [0.1, 0.15) is 5.75 Å². The summed E-state index contributed by atoms with van der Waals surface area (Å²) >= 11 is 0. The minimum atomic E-state index is -0.796. The van der Waals surface area contributed by atoms with E-state index in [1.54, 1.807) is 0 Å². The van der Waals surface area contributed by atoms with E-state index in [0.717, 1.165) is 12.0 Å². The number of para-hydroxylation sites is 1. The number of benzene rings is 1. The van der Waals surface area contributed by atoms with E-state index in [-0.39, 0.29) is 0 Å². The monoisotopic (exact) mass is 222 g/mol. The zero-order chi connectivity index (χ0) is 12.0. The summed E-state index contributed by atoms with van der Waals surface area (Å²) in [7, 11) is 0. The summed E-state index contributed by atoms with van der Waals surface area (Å²) in [6.07, 6.45) is 1.49. The number of carbonyl (C=O) groups is 1. The smallest absolute Gasteiger partial charge is 0.311 e. The van der Waals surface area contributed by atoms with Crippen LogP contribution in [-0.2, 0) is 4.79 Å². The van der Waals surface area contributed by atoms with Gasteiger partial charge in [-0.3, -0.25) is 4.79 Å². The van der Waals surface area contributed by atoms with Crippen molar-refractivity contribution in [1.29, 1.82) is 0 Å². The predicted octanol–water partition coefficient (Wildman–Crippen LogP) is 3.05. The molecule has 1 atom stereocenters. The van der Waals surface area contributed by atoms with E-state index < -0.39 is 11.9 Å². The van der Waals surface area contributed by atoms with Gasteiger partial charge in [0.15, 0.2) is 0 Å².